The highest BCUT2D eigenvalue weighted by Gasteiger charge is 2.22. The van der Waals surface area contributed by atoms with Gasteiger partial charge in [0.15, 0.2) is 5.58 Å². The fourth-order valence-corrected chi connectivity index (χ4v) is 2.31. The van der Waals surface area contributed by atoms with Gasteiger partial charge in [-0.05, 0) is 18.6 Å². The van der Waals surface area contributed by atoms with E-state index in [1.165, 1.54) is 7.11 Å². The zero-order valence-corrected chi connectivity index (χ0v) is 11.3. The Labute approximate surface area is 116 Å². The number of fused-ring (bicyclic) bond motifs is 1. The molecule has 0 aliphatic carbocycles. The molecule has 0 aromatic carbocycles. The summed E-state index contributed by atoms with van der Waals surface area (Å²) in [6, 6.07) is 4.22. The highest BCUT2D eigenvalue weighted by Crippen LogP contribution is 2.21. The second-order valence-electron chi connectivity index (χ2n) is 4.62. The minimum absolute atomic E-state index is 0.286. The van der Waals surface area contributed by atoms with Crippen LogP contribution in [0.2, 0.25) is 0 Å². The van der Waals surface area contributed by atoms with E-state index in [1.807, 2.05) is 17.0 Å². The molecule has 0 bridgehead atoms. The van der Waals surface area contributed by atoms with Crippen LogP contribution in [0.25, 0.3) is 11.2 Å². The van der Waals surface area contributed by atoms with E-state index in [2.05, 4.69) is 9.97 Å². The van der Waals surface area contributed by atoms with Crippen molar-refractivity contribution in [2.75, 3.05) is 38.2 Å². The average molecular weight is 276 g/mol. The van der Waals surface area contributed by atoms with E-state index < -0.39 is 0 Å². The Balaban J connectivity index is 1.76. The zero-order chi connectivity index (χ0) is 13.9. The van der Waals surface area contributed by atoms with E-state index in [9.17, 15) is 4.79 Å². The summed E-state index contributed by atoms with van der Waals surface area (Å²) in [5.41, 5.74) is 1.29. The van der Waals surface area contributed by atoms with Gasteiger partial charge in [0, 0.05) is 32.4 Å². The number of methoxy groups -OCH3 is 1. The monoisotopic (exact) mass is 276 g/mol. The normalized spacial score (nSPS) is 16.2. The van der Waals surface area contributed by atoms with Gasteiger partial charge in [0.2, 0.25) is 5.65 Å². The second kappa shape index (κ2) is 5.36. The first kappa shape index (κ1) is 12.7. The number of rotatable bonds is 1. The number of carbonyl (C=O) groups excluding carboxylic acids is 1. The van der Waals surface area contributed by atoms with Crippen molar-refractivity contribution in [3.05, 3.63) is 18.3 Å². The van der Waals surface area contributed by atoms with Crippen LogP contribution in [0.15, 0.2) is 22.7 Å². The van der Waals surface area contributed by atoms with Crippen molar-refractivity contribution in [3.8, 4) is 0 Å². The third-order valence-corrected chi connectivity index (χ3v) is 3.35. The topological polar surface area (TPSA) is 71.7 Å². The molecule has 0 radical (unpaired) electrons. The van der Waals surface area contributed by atoms with Crippen LogP contribution in [0.1, 0.15) is 6.42 Å². The first-order valence-corrected chi connectivity index (χ1v) is 6.57. The van der Waals surface area contributed by atoms with Crippen LogP contribution in [0.5, 0.6) is 0 Å². The predicted molar refractivity (Wildman–Crippen MR) is 72.6 cm³/mol. The standard InChI is InChI=1S/C13H16N4O3/c1-19-13(18)17-7-3-6-16(8-9-17)12-15-11-10(20-12)4-2-5-14-11/h2,4-5H,3,6-9H2,1H3. The SMILES string of the molecule is COC(=O)N1CCCN(c2nc3ncccc3o2)CC1. The number of oxazole rings is 1. The molecule has 1 saturated heterocycles. The molecule has 1 amide bonds. The molecule has 0 N–H and O–H groups in total. The smallest absolute Gasteiger partial charge is 0.409 e. The molecule has 7 heteroatoms. The summed E-state index contributed by atoms with van der Waals surface area (Å²) in [6.45, 7) is 2.74. The molecular weight excluding hydrogens is 260 g/mol. The number of pyridine rings is 1. The van der Waals surface area contributed by atoms with Crippen LogP contribution >= 0.6 is 0 Å². The van der Waals surface area contributed by atoms with Crippen molar-refractivity contribution >= 4 is 23.3 Å². The van der Waals surface area contributed by atoms with E-state index in [0.29, 0.717) is 36.9 Å². The first-order valence-electron chi connectivity index (χ1n) is 6.57. The summed E-state index contributed by atoms with van der Waals surface area (Å²) >= 11 is 0. The van der Waals surface area contributed by atoms with Crippen molar-refractivity contribution in [1.82, 2.24) is 14.9 Å². The van der Waals surface area contributed by atoms with Gasteiger partial charge >= 0.3 is 6.09 Å². The van der Waals surface area contributed by atoms with Gasteiger partial charge in [0.25, 0.3) is 6.01 Å². The van der Waals surface area contributed by atoms with E-state index in [0.717, 1.165) is 13.0 Å². The Morgan fingerprint density at radius 1 is 1.35 bits per heavy atom. The number of carbonyl (C=O) groups is 1. The number of amides is 1. The molecule has 1 aliphatic rings. The summed E-state index contributed by atoms with van der Waals surface area (Å²) in [5.74, 6) is 0. The minimum atomic E-state index is -0.286. The molecule has 106 valence electrons. The van der Waals surface area contributed by atoms with Gasteiger partial charge < -0.3 is 19.0 Å². The fourth-order valence-electron chi connectivity index (χ4n) is 2.31. The number of anilines is 1. The Bertz CT molecular complexity index is 579. The molecular formula is C13H16N4O3. The first-order chi connectivity index (χ1) is 9.78. The van der Waals surface area contributed by atoms with E-state index in [1.54, 1.807) is 11.1 Å². The maximum Gasteiger partial charge on any atom is 0.409 e. The molecule has 0 spiro atoms. The highest BCUT2D eigenvalue weighted by atomic mass is 16.5. The van der Waals surface area contributed by atoms with Crippen molar-refractivity contribution in [1.29, 1.82) is 0 Å². The molecule has 20 heavy (non-hydrogen) atoms. The molecule has 1 aliphatic heterocycles. The van der Waals surface area contributed by atoms with Gasteiger partial charge in [0.05, 0.1) is 7.11 Å². The number of hydrogen-bond donors (Lipinski definition) is 0. The lowest BCUT2D eigenvalue weighted by Crippen LogP contribution is -2.35. The predicted octanol–water partition coefficient (Wildman–Crippen LogP) is 1.50. The average Bonchev–Trinajstić information content (AvgIpc) is 2.75. The van der Waals surface area contributed by atoms with E-state index in [-0.39, 0.29) is 6.09 Å². The summed E-state index contributed by atoms with van der Waals surface area (Å²) in [5, 5.41) is 0. The molecule has 2 aromatic heterocycles. The quantitative estimate of drug-likeness (QED) is 0.786. The Kier molecular flexibility index (Phi) is 3.41. The molecule has 7 nitrogen and oxygen atoms in total. The van der Waals surface area contributed by atoms with Crippen molar-refractivity contribution in [3.63, 3.8) is 0 Å². The third-order valence-electron chi connectivity index (χ3n) is 3.35. The van der Waals surface area contributed by atoms with E-state index in [4.69, 9.17) is 9.15 Å². The van der Waals surface area contributed by atoms with Gasteiger partial charge in [-0.1, -0.05) is 0 Å². The number of nitrogens with zero attached hydrogens (tertiary/aromatic N) is 4. The molecule has 0 atom stereocenters. The molecule has 2 aromatic rings. The molecule has 0 saturated carbocycles. The van der Waals surface area contributed by atoms with Gasteiger partial charge in [-0.3, -0.25) is 0 Å². The summed E-state index contributed by atoms with van der Waals surface area (Å²) in [4.78, 5) is 23.8. The lowest BCUT2D eigenvalue weighted by Gasteiger charge is -2.19. The van der Waals surface area contributed by atoms with Gasteiger partial charge in [-0.15, -0.1) is 0 Å². The van der Waals surface area contributed by atoms with Gasteiger partial charge in [-0.2, -0.15) is 4.98 Å². The maximum absolute atomic E-state index is 11.5. The Morgan fingerprint density at radius 3 is 3.05 bits per heavy atom. The summed E-state index contributed by atoms with van der Waals surface area (Å²) in [6.07, 6.45) is 2.25. The summed E-state index contributed by atoms with van der Waals surface area (Å²) in [7, 11) is 1.40. The largest absolute Gasteiger partial charge is 0.453 e. The van der Waals surface area contributed by atoms with Gasteiger partial charge in [0.1, 0.15) is 0 Å². The molecule has 0 unspecified atom stereocenters. The lowest BCUT2D eigenvalue weighted by molar-refractivity contribution is 0.126. The maximum atomic E-state index is 11.5. The van der Waals surface area contributed by atoms with E-state index >= 15 is 0 Å². The van der Waals surface area contributed by atoms with Crippen LogP contribution < -0.4 is 4.90 Å². The molecule has 1 fully saturated rings. The summed E-state index contributed by atoms with van der Waals surface area (Å²) < 4.78 is 10.5. The van der Waals surface area contributed by atoms with Crippen LogP contribution in [0, 0.1) is 0 Å². The van der Waals surface area contributed by atoms with Crippen LogP contribution in [-0.4, -0.2) is 54.2 Å². The lowest BCUT2D eigenvalue weighted by atomic mass is 10.4. The Hall–Kier alpha value is -2.31. The highest BCUT2D eigenvalue weighted by molar-refractivity contribution is 5.70. The third kappa shape index (κ3) is 2.38. The minimum Gasteiger partial charge on any atom is -0.453 e. The molecule has 3 heterocycles. The second-order valence-corrected chi connectivity index (χ2v) is 4.62. The van der Waals surface area contributed by atoms with Crippen molar-refractivity contribution in [2.24, 2.45) is 0 Å². The number of hydrogen-bond acceptors (Lipinski definition) is 6. The number of aromatic nitrogens is 2. The van der Waals surface area contributed by atoms with Gasteiger partial charge in [-0.25, -0.2) is 9.78 Å². The molecule has 3 rings (SSSR count). The van der Waals surface area contributed by atoms with Crippen LogP contribution in [-0.2, 0) is 4.74 Å². The number of ether oxygens (including phenoxy) is 1. The van der Waals surface area contributed by atoms with Crippen LogP contribution in [0.4, 0.5) is 10.8 Å². The van der Waals surface area contributed by atoms with Crippen molar-refractivity contribution in [2.45, 2.75) is 6.42 Å². The Morgan fingerprint density at radius 2 is 2.25 bits per heavy atom. The zero-order valence-electron chi connectivity index (χ0n) is 11.3. The van der Waals surface area contributed by atoms with Crippen molar-refractivity contribution < 1.29 is 13.9 Å². The van der Waals surface area contributed by atoms with Crippen LogP contribution in [0.3, 0.4) is 0 Å². The fraction of sp³-hybridized carbons (Fsp3) is 0.462.